The maximum Gasteiger partial charge on any atom is 0.115 e. The van der Waals surface area contributed by atoms with Gasteiger partial charge in [-0.25, -0.2) is 4.31 Å². The monoisotopic (exact) mass is 461 g/mol. The summed E-state index contributed by atoms with van der Waals surface area (Å²) in [5.74, 6) is 3.10. The number of phenols is 1. The highest BCUT2D eigenvalue weighted by Gasteiger charge is 2.50. The van der Waals surface area contributed by atoms with Gasteiger partial charge in [-0.3, -0.25) is 0 Å². The average Bonchev–Trinajstić information content (AvgIpc) is 3.20. The number of unbranched alkanes of at least 4 members (excludes halogenated alkanes) is 4. The van der Waals surface area contributed by atoms with Crippen LogP contribution in [-0.4, -0.2) is 27.1 Å². The van der Waals surface area contributed by atoms with Crippen LogP contribution in [0.15, 0.2) is 18.2 Å². The SMILES string of the molecule is CC12CCCC1C1CCc3cc(O)ccc3C1CC2.CCCCCN(CCCCC)SO. The third-order valence-electron chi connectivity index (χ3n) is 8.63. The molecule has 3 aliphatic rings. The van der Waals surface area contributed by atoms with Crippen molar-refractivity contribution in [2.24, 2.45) is 17.3 Å². The Hall–Kier alpha value is -0.710. The molecule has 182 valence electrons. The summed E-state index contributed by atoms with van der Waals surface area (Å²) in [5, 5.41) is 9.68. The van der Waals surface area contributed by atoms with Gasteiger partial charge in [-0.1, -0.05) is 58.9 Å². The van der Waals surface area contributed by atoms with Gasteiger partial charge in [-0.2, -0.15) is 0 Å². The van der Waals surface area contributed by atoms with Crippen molar-refractivity contribution < 1.29 is 9.66 Å². The summed E-state index contributed by atoms with van der Waals surface area (Å²) >= 11 is 0.904. The van der Waals surface area contributed by atoms with E-state index >= 15 is 0 Å². The van der Waals surface area contributed by atoms with E-state index < -0.39 is 0 Å². The molecular weight excluding hydrogens is 414 g/mol. The molecule has 2 saturated carbocycles. The molecular formula is C28H47NO2S. The van der Waals surface area contributed by atoms with Crippen LogP contribution in [0, 0.1) is 17.3 Å². The predicted molar refractivity (Wildman–Crippen MR) is 138 cm³/mol. The lowest BCUT2D eigenvalue weighted by atomic mass is 9.56. The minimum atomic E-state index is 0.443. The molecule has 4 rings (SSSR count). The van der Waals surface area contributed by atoms with Crippen LogP contribution in [0.5, 0.6) is 5.75 Å². The van der Waals surface area contributed by atoms with Crippen molar-refractivity contribution in [1.82, 2.24) is 4.31 Å². The van der Waals surface area contributed by atoms with Crippen molar-refractivity contribution in [1.29, 1.82) is 0 Å². The Morgan fingerprint density at radius 3 is 2.38 bits per heavy atom. The Kier molecular flexibility index (Phi) is 10.3. The fourth-order valence-corrected chi connectivity index (χ4v) is 7.25. The normalized spacial score (nSPS) is 28.5. The van der Waals surface area contributed by atoms with Gasteiger partial charge in [0, 0.05) is 13.1 Å². The molecule has 1 aromatic rings. The molecule has 4 unspecified atom stereocenters. The maximum atomic E-state index is 9.68. The van der Waals surface area contributed by atoms with E-state index in [-0.39, 0.29) is 0 Å². The molecule has 1 aromatic carbocycles. The van der Waals surface area contributed by atoms with Crippen LogP contribution in [0.2, 0.25) is 0 Å². The van der Waals surface area contributed by atoms with Gasteiger partial charge in [0.15, 0.2) is 0 Å². The van der Waals surface area contributed by atoms with E-state index in [1.165, 1.54) is 89.0 Å². The number of hydrogen-bond acceptors (Lipinski definition) is 4. The van der Waals surface area contributed by atoms with Gasteiger partial charge in [0.2, 0.25) is 0 Å². The molecule has 0 spiro atoms. The van der Waals surface area contributed by atoms with Gasteiger partial charge in [-0.05, 0) is 97.8 Å². The molecule has 0 heterocycles. The smallest absolute Gasteiger partial charge is 0.115 e. The largest absolute Gasteiger partial charge is 0.508 e. The molecule has 4 atom stereocenters. The number of hydrogen-bond donors (Lipinski definition) is 2. The summed E-state index contributed by atoms with van der Waals surface area (Å²) in [6.07, 6.45) is 17.1. The van der Waals surface area contributed by atoms with E-state index in [2.05, 4.69) is 31.1 Å². The molecule has 0 amide bonds. The summed E-state index contributed by atoms with van der Waals surface area (Å²) in [4.78, 5) is 0. The maximum absolute atomic E-state index is 9.68. The molecule has 3 nitrogen and oxygen atoms in total. The topological polar surface area (TPSA) is 43.7 Å². The fraction of sp³-hybridized carbons (Fsp3) is 0.786. The standard InChI is InChI=1S/C18H24O.C10H23NOS/c1-18-9-2-3-17(18)16-6-4-12-11-13(19)5-7-14(12)15(16)8-10-18;1-3-5-7-9-11(13-12)10-8-6-4-2/h5,7,11,15-17,19H,2-4,6,8-10H2,1H3;12H,3-10H2,1-2H3. The van der Waals surface area contributed by atoms with E-state index in [9.17, 15) is 5.11 Å². The highest BCUT2D eigenvalue weighted by Crippen LogP contribution is 2.60. The molecule has 0 saturated heterocycles. The number of nitrogens with zero attached hydrogens (tertiary/aromatic N) is 1. The van der Waals surface area contributed by atoms with Crippen LogP contribution in [0.3, 0.4) is 0 Å². The summed E-state index contributed by atoms with van der Waals surface area (Å²) < 4.78 is 11.0. The Balaban J connectivity index is 0.000000198. The highest BCUT2D eigenvalue weighted by molar-refractivity contribution is 7.91. The van der Waals surface area contributed by atoms with Crippen molar-refractivity contribution in [3.05, 3.63) is 29.3 Å². The predicted octanol–water partition coefficient (Wildman–Crippen LogP) is 8.43. The van der Waals surface area contributed by atoms with Crippen molar-refractivity contribution in [3.63, 3.8) is 0 Å². The third kappa shape index (κ3) is 6.45. The van der Waals surface area contributed by atoms with Gasteiger partial charge in [-0.15, -0.1) is 0 Å². The number of benzene rings is 1. The Morgan fingerprint density at radius 2 is 1.72 bits per heavy atom. The van der Waals surface area contributed by atoms with E-state index in [1.807, 2.05) is 12.1 Å². The number of phenolic OH excluding ortho intramolecular Hbond substituents is 1. The first-order chi connectivity index (χ1) is 15.5. The Bertz CT molecular complexity index is 686. The molecule has 0 aromatic heterocycles. The minimum absolute atomic E-state index is 0.443. The molecule has 0 bridgehead atoms. The number of aromatic hydroxyl groups is 1. The lowest BCUT2D eigenvalue weighted by Crippen LogP contribution is -2.39. The highest BCUT2D eigenvalue weighted by atomic mass is 32.2. The number of rotatable bonds is 9. The molecule has 0 radical (unpaired) electrons. The third-order valence-corrected chi connectivity index (χ3v) is 9.23. The van der Waals surface area contributed by atoms with Crippen LogP contribution in [-0.2, 0) is 6.42 Å². The van der Waals surface area contributed by atoms with Crippen LogP contribution in [0.4, 0.5) is 0 Å². The average molecular weight is 462 g/mol. The molecule has 3 aliphatic carbocycles. The summed E-state index contributed by atoms with van der Waals surface area (Å²) in [5.41, 5.74) is 3.63. The van der Waals surface area contributed by atoms with Crippen molar-refractivity contribution in [2.45, 2.75) is 110 Å². The lowest BCUT2D eigenvalue weighted by molar-refractivity contribution is 0.0598. The lowest BCUT2D eigenvalue weighted by Gasteiger charge is -2.49. The first-order valence-corrected chi connectivity index (χ1v) is 14.1. The van der Waals surface area contributed by atoms with Gasteiger partial charge >= 0.3 is 0 Å². The van der Waals surface area contributed by atoms with Gasteiger partial charge < -0.3 is 9.66 Å². The van der Waals surface area contributed by atoms with E-state index in [1.54, 1.807) is 5.56 Å². The zero-order valence-corrected chi connectivity index (χ0v) is 21.6. The van der Waals surface area contributed by atoms with Crippen LogP contribution in [0.25, 0.3) is 0 Å². The number of aryl methyl sites for hydroxylation is 1. The Labute approximate surface area is 201 Å². The van der Waals surface area contributed by atoms with E-state index in [4.69, 9.17) is 4.55 Å². The molecule has 32 heavy (non-hydrogen) atoms. The first kappa shape index (κ1) is 25.9. The van der Waals surface area contributed by atoms with E-state index in [0.717, 1.165) is 43.1 Å². The van der Waals surface area contributed by atoms with Gasteiger partial charge in [0.1, 0.15) is 5.75 Å². The first-order valence-electron chi connectivity index (χ1n) is 13.4. The summed E-state index contributed by atoms with van der Waals surface area (Å²) in [6.45, 7) is 9.01. The van der Waals surface area contributed by atoms with Crippen LogP contribution in [0.1, 0.15) is 115 Å². The molecule has 2 fully saturated rings. The van der Waals surface area contributed by atoms with Crippen molar-refractivity contribution in [2.75, 3.05) is 13.1 Å². The zero-order chi connectivity index (χ0) is 23.0. The molecule has 2 N–H and O–H groups in total. The summed E-state index contributed by atoms with van der Waals surface area (Å²) in [7, 11) is 0. The molecule has 0 aliphatic heterocycles. The number of fused-ring (bicyclic) bond motifs is 5. The van der Waals surface area contributed by atoms with Crippen molar-refractivity contribution in [3.8, 4) is 5.75 Å². The fourth-order valence-electron chi connectivity index (χ4n) is 6.83. The minimum Gasteiger partial charge on any atom is -0.508 e. The van der Waals surface area contributed by atoms with Crippen LogP contribution >= 0.6 is 12.2 Å². The quantitative estimate of drug-likeness (QED) is 0.220. The Morgan fingerprint density at radius 1 is 1.00 bits per heavy atom. The van der Waals surface area contributed by atoms with E-state index in [0.29, 0.717) is 11.2 Å². The van der Waals surface area contributed by atoms with Crippen LogP contribution < -0.4 is 0 Å². The van der Waals surface area contributed by atoms with Gasteiger partial charge in [0.05, 0.1) is 12.2 Å². The second-order valence-electron chi connectivity index (χ2n) is 10.8. The second-order valence-corrected chi connectivity index (χ2v) is 11.5. The van der Waals surface area contributed by atoms with Crippen molar-refractivity contribution >= 4 is 12.2 Å². The van der Waals surface area contributed by atoms with Gasteiger partial charge in [0.25, 0.3) is 0 Å². The molecule has 4 heteroatoms. The summed E-state index contributed by atoms with van der Waals surface area (Å²) in [6, 6.07) is 6.11. The zero-order valence-electron chi connectivity index (χ0n) is 20.8. The second kappa shape index (κ2) is 12.7.